The lowest BCUT2D eigenvalue weighted by atomic mass is 9.86. The molecule has 0 aliphatic carbocycles. The molecule has 148 valence electrons. The lowest BCUT2D eigenvalue weighted by Crippen LogP contribution is -2.15. The van der Waals surface area contributed by atoms with Gasteiger partial charge < -0.3 is 5.32 Å². The van der Waals surface area contributed by atoms with Crippen LogP contribution in [0.25, 0.3) is 0 Å². The first kappa shape index (κ1) is 19.9. The molecule has 0 aliphatic heterocycles. The Morgan fingerprint density at radius 2 is 1.75 bits per heavy atom. The van der Waals surface area contributed by atoms with Crippen molar-refractivity contribution in [2.45, 2.75) is 44.9 Å². The summed E-state index contributed by atoms with van der Waals surface area (Å²) in [5.41, 5.74) is 3.44. The molecule has 28 heavy (non-hydrogen) atoms. The van der Waals surface area contributed by atoms with Gasteiger partial charge in [-0.2, -0.15) is 5.10 Å². The van der Waals surface area contributed by atoms with Gasteiger partial charge in [-0.25, -0.2) is 13.4 Å². The highest BCUT2D eigenvalue weighted by Crippen LogP contribution is 2.31. The molecule has 0 fully saturated rings. The minimum Gasteiger partial charge on any atom is -0.340 e. The fraction of sp³-hybridized carbons (Fsp3) is 0.300. The van der Waals surface area contributed by atoms with E-state index in [1.807, 2.05) is 18.2 Å². The molecule has 3 rings (SSSR count). The zero-order chi connectivity index (χ0) is 20.5. The monoisotopic (exact) mass is 399 g/mol. The van der Waals surface area contributed by atoms with E-state index in [0.29, 0.717) is 22.9 Å². The molecule has 3 N–H and O–H groups in total. The largest absolute Gasteiger partial charge is 0.340 e. The van der Waals surface area contributed by atoms with Crippen molar-refractivity contribution < 1.29 is 8.42 Å². The molecule has 3 aromatic rings. The van der Waals surface area contributed by atoms with E-state index in [-0.39, 0.29) is 10.3 Å². The smallest absolute Gasteiger partial charge is 0.265 e. The molecular weight excluding hydrogens is 374 g/mol. The van der Waals surface area contributed by atoms with Gasteiger partial charge in [0.05, 0.1) is 23.3 Å². The van der Waals surface area contributed by atoms with Crippen LogP contribution in [0.2, 0.25) is 0 Å². The summed E-state index contributed by atoms with van der Waals surface area (Å²) in [6.07, 6.45) is 1.49. The average molecular weight is 400 g/mol. The number of sulfonamides is 1. The molecule has 0 unspecified atom stereocenters. The van der Waals surface area contributed by atoms with Crippen LogP contribution in [-0.4, -0.2) is 23.6 Å². The van der Waals surface area contributed by atoms with Gasteiger partial charge in [-0.3, -0.25) is 9.82 Å². The summed E-state index contributed by atoms with van der Waals surface area (Å²) in [6, 6.07) is 11.5. The summed E-state index contributed by atoms with van der Waals surface area (Å²) in [6.45, 7) is 9.78. The number of rotatable bonds is 5. The molecule has 7 nitrogen and oxygen atoms in total. The number of aromatic nitrogens is 3. The zero-order valence-electron chi connectivity index (χ0n) is 16.7. The van der Waals surface area contributed by atoms with Gasteiger partial charge in [0.2, 0.25) is 0 Å². The molecular formula is C20H25N5O2S. The molecule has 0 aliphatic rings. The maximum Gasteiger partial charge on any atom is 0.265 e. The van der Waals surface area contributed by atoms with Crippen molar-refractivity contribution in [2.75, 3.05) is 10.0 Å². The average Bonchev–Trinajstić information content (AvgIpc) is 2.95. The molecule has 0 amide bonds. The standard InChI is InChI=1S/C20H25N5O2S/c1-13-19(14(2)24-23-13)28(26,27)25-15-10-11-18(21-12-15)22-17-9-7-6-8-16(17)20(3,4)5/h6-12,25H,1-5H3,(H,21,22)(H,23,24). The second kappa shape index (κ2) is 7.27. The number of nitrogens with zero attached hydrogens (tertiary/aromatic N) is 2. The van der Waals surface area contributed by atoms with E-state index in [1.54, 1.807) is 26.0 Å². The molecule has 2 aromatic heterocycles. The lowest BCUT2D eigenvalue weighted by Gasteiger charge is -2.23. The van der Waals surface area contributed by atoms with Gasteiger partial charge in [0.1, 0.15) is 10.7 Å². The Hall–Kier alpha value is -2.87. The Kier molecular flexibility index (Phi) is 5.16. The van der Waals surface area contributed by atoms with E-state index in [1.165, 1.54) is 11.8 Å². The van der Waals surface area contributed by atoms with Crippen LogP contribution in [0, 0.1) is 13.8 Å². The topological polar surface area (TPSA) is 99.8 Å². The molecule has 0 saturated heterocycles. The van der Waals surface area contributed by atoms with Gasteiger partial charge in [-0.15, -0.1) is 0 Å². The van der Waals surface area contributed by atoms with Crippen molar-refractivity contribution in [1.29, 1.82) is 0 Å². The third kappa shape index (κ3) is 4.17. The highest BCUT2D eigenvalue weighted by atomic mass is 32.2. The van der Waals surface area contributed by atoms with Crippen molar-refractivity contribution in [3.05, 3.63) is 59.5 Å². The number of aryl methyl sites for hydroxylation is 2. The number of aromatic amines is 1. The molecule has 2 heterocycles. The Bertz CT molecular complexity index is 1060. The van der Waals surface area contributed by atoms with Crippen LogP contribution in [-0.2, 0) is 15.4 Å². The molecule has 0 saturated carbocycles. The Labute approximate surface area is 165 Å². The minimum absolute atomic E-state index is 0.0144. The van der Waals surface area contributed by atoms with Gasteiger partial charge in [0.25, 0.3) is 10.0 Å². The Balaban J connectivity index is 1.80. The number of hydrogen-bond acceptors (Lipinski definition) is 5. The predicted molar refractivity (Wildman–Crippen MR) is 112 cm³/mol. The molecule has 0 radical (unpaired) electrons. The van der Waals surface area contributed by atoms with Gasteiger partial charge in [-0.05, 0) is 43.0 Å². The number of anilines is 3. The normalized spacial score (nSPS) is 12.0. The fourth-order valence-corrected chi connectivity index (χ4v) is 4.47. The molecule has 0 spiro atoms. The Morgan fingerprint density at radius 3 is 2.32 bits per heavy atom. The first-order valence-electron chi connectivity index (χ1n) is 8.95. The van der Waals surface area contributed by atoms with Crippen LogP contribution in [0.4, 0.5) is 17.2 Å². The van der Waals surface area contributed by atoms with Crippen LogP contribution < -0.4 is 10.0 Å². The minimum atomic E-state index is -3.73. The lowest BCUT2D eigenvalue weighted by molar-refractivity contribution is 0.592. The third-order valence-corrected chi connectivity index (χ3v) is 5.99. The van der Waals surface area contributed by atoms with Gasteiger partial charge in [0, 0.05) is 5.69 Å². The van der Waals surface area contributed by atoms with E-state index in [4.69, 9.17) is 0 Å². The number of benzene rings is 1. The van der Waals surface area contributed by atoms with Gasteiger partial charge in [-0.1, -0.05) is 39.0 Å². The van der Waals surface area contributed by atoms with Crippen molar-refractivity contribution in [2.24, 2.45) is 0 Å². The number of nitrogens with one attached hydrogen (secondary N) is 3. The van der Waals surface area contributed by atoms with Crippen LogP contribution in [0.3, 0.4) is 0 Å². The van der Waals surface area contributed by atoms with Crippen LogP contribution in [0.15, 0.2) is 47.5 Å². The molecule has 0 atom stereocenters. The molecule has 8 heteroatoms. The maximum atomic E-state index is 12.6. The number of pyridine rings is 1. The summed E-state index contributed by atoms with van der Waals surface area (Å²) in [7, 11) is -3.73. The SMILES string of the molecule is Cc1n[nH]c(C)c1S(=O)(=O)Nc1ccc(Nc2ccccc2C(C)(C)C)nc1. The number of para-hydroxylation sites is 1. The first-order valence-corrected chi connectivity index (χ1v) is 10.4. The van der Waals surface area contributed by atoms with Crippen LogP contribution in [0.5, 0.6) is 0 Å². The van der Waals surface area contributed by atoms with Crippen molar-refractivity contribution in [3.63, 3.8) is 0 Å². The first-order chi connectivity index (χ1) is 13.1. The van der Waals surface area contributed by atoms with E-state index in [2.05, 4.69) is 52.1 Å². The summed E-state index contributed by atoms with van der Waals surface area (Å²) in [4.78, 5) is 4.51. The zero-order valence-corrected chi connectivity index (χ0v) is 17.5. The quantitative estimate of drug-likeness (QED) is 0.595. The van der Waals surface area contributed by atoms with Crippen molar-refractivity contribution >= 4 is 27.2 Å². The van der Waals surface area contributed by atoms with Crippen molar-refractivity contribution in [3.8, 4) is 0 Å². The molecule has 1 aromatic carbocycles. The van der Waals surface area contributed by atoms with E-state index in [9.17, 15) is 8.42 Å². The third-order valence-electron chi connectivity index (χ3n) is 4.34. The number of hydrogen-bond donors (Lipinski definition) is 3. The second-order valence-corrected chi connectivity index (χ2v) is 9.34. The Morgan fingerprint density at radius 1 is 1.04 bits per heavy atom. The summed E-state index contributed by atoms with van der Waals surface area (Å²) < 4.78 is 27.8. The highest BCUT2D eigenvalue weighted by Gasteiger charge is 2.22. The molecule has 0 bridgehead atoms. The predicted octanol–water partition coefficient (Wildman–Crippen LogP) is 4.26. The van der Waals surface area contributed by atoms with Gasteiger partial charge in [0.15, 0.2) is 0 Å². The van der Waals surface area contributed by atoms with Crippen LogP contribution >= 0.6 is 0 Å². The maximum absolute atomic E-state index is 12.6. The van der Waals surface area contributed by atoms with Crippen LogP contribution in [0.1, 0.15) is 37.7 Å². The summed E-state index contributed by atoms with van der Waals surface area (Å²) in [5, 5.41) is 9.94. The summed E-state index contributed by atoms with van der Waals surface area (Å²) >= 11 is 0. The summed E-state index contributed by atoms with van der Waals surface area (Å²) in [5.74, 6) is 0.635. The van der Waals surface area contributed by atoms with E-state index in [0.717, 1.165) is 5.69 Å². The highest BCUT2D eigenvalue weighted by molar-refractivity contribution is 7.92. The van der Waals surface area contributed by atoms with E-state index < -0.39 is 10.0 Å². The fourth-order valence-electron chi connectivity index (χ4n) is 3.06. The van der Waals surface area contributed by atoms with Crippen molar-refractivity contribution in [1.82, 2.24) is 15.2 Å². The van der Waals surface area contributed by atoms with E-state index >= 15 is 0 Å². The number of H-pyrrole nitrogens is 1. The second-order valence-electron chi connectivity index (χ2n) is 7.72. The van der Waals surface area contributed by atoms with Gasteiger partial charge >= 0.3 is 0 Å².